The number of hydrogen-bond donors (Lipinski definition) is 1. The number of hydrogen-bond acceptors (Lipinski definition) is 4. The number of carbonyl (C=O) groups is 2. The minimum atomic E-state index is -0.387. The van der Waals surface area contributed by atoms with E-state index < -0.39 is 0 Å². The topological polar surface area (TPSA) is 58.6 Å². The van der Waals surface area contributed by atoms with Gasteiger partial charge in [0.05, 0.1) is 18.4 Å². The maximum absolute atomic E-state index is 13.7. The van der Waals surface area contributed by atoms with Crippen LogP contribution in [0.3, 0.4) is 0 Å². The van der Waals surface area contributed by atoms with E-state index in [1.807, 2.05) is 62.4 Å². The molecule has 0 atom stereocenters. The number of aryl methyl sites for hydroxylation is 1. The third kappa shape index (κ3) is 4.02. The van der Waals surface area contributed by atoms with Crippen molar-refractivity contribution in [3.05, 3.63) is 94.7 Å². The van der Waals surface area contributed by atoms with Gasteiger partial charge >= 0.3 is 0 Å². The Morgan fingerprint density at radius 1 is 0.848 bits per heavy atom. The number of rotatable bonds is 6. The van der Waals surface area contributed by atoms with Crippen molar-refractivity contribution in [1.29, 1.82) is 0 Å². The zero-order valence-corrected chi connectivity index (χ0v) is 19.6. The molecule has 1 N–H and O–H groups in total. The summed E-state index contributed by atoms with van der Waals surface area (Å²) in [5.41, 5.74) is 5.54. The van der Waals surface area contributed by atoms with Crippen molar-refractivity contribution < 1.29 is 14.3 Å². The number of imide groups is 1. The molecule has 4 rings (SSSR count). The number of para-hydroxylation sites is 1. The summed E-state index contributed by atoms with van der Waals surface area (Å²) in [5.74, 6) is 0.171. The molecule has 0 spiro atoms. The fourth-order valence-electron chi connectivity index (χ4n) is 4.04. The first-order valence-corrected chi connectivity index (χ1v) is 11.0. The summed E-state index contributed by atoms with van der Waals surface area (Å²) in [5, 5.41) is 3.23. The van der Waals surface area contributed by atoms with E-state index in [1.54, 1.807) is 25.3 Å². The van der Waals surface area contributed by atoms with Gasteiger partial charge < -0.3 is 10.1 Å². The molecule has 0 aliphatic carbocycles. The monoisotopic (exact) mass is 440 g/mol. The van der Waals surface area contributed by atoms with Crippen LogP contribution in [0.1, 0.15) is 42.0 Å². The third-order valence-corrected chi connectivity index (χ3v) is 6.12. The second-order valence-electron chi connectivity index (χ2n) is 8.52. The number of nitrogens with zero attached hydrogens (tertiary/aromatic N) is 1. The largest absolute Gasteiger partial charge is 0.496 e. The molecular weight excluding hydrogens is 412 g/mol. The number of amides is 2. The number of methoxy groups -OCH3 is 1. The second-order valence-corrected chi connectivity index (χ2v) is 8.52. The highest BCUT2D eigenvalue weighted by atomic mass is 16.5. The number of ether oxygens (including phenoxy) is 1. The van der Waals surface area contributed by atoms with E-state index in [1.165, 1.54) is 10.5 Å². The van der Waals surface area contributed by atoms with Gasteiger partial charge in [0.15, 0.2) is 0 Å². The molecule has 5 nitrogen and oxygen atoms in total. The first kappa shape index (κ1) is 22.3. The molecule has 3 aromatic rings. The molecule has 0 saturated carbocycles. The van der Waals surface area contributed by atoms with E-state index in [-0.39, 0.29) is 17.5 Å². The van der Waals surface area contributed by atoms with Crippen LogP contribution < -0.4 is 15.0 Å². The van der Waals surface area contributed by atoms with Gasteiger partial charge in [-0.3, -0.25) is 9.59 Å². The van der Waals surface area contributed by atoms with E-state index in [2.05, 4.69) is 19.2 Å². The van der Waals surface area contributed by atoms with Crippen molar-refractivity contribution in [1.82, 2.24) is 0 Å². The van der Waals surface area contributed by atoms with Crippen LogP contribution in [0.2, 0.25) is 0 Å². The van der Waals surface area contributed by atoms with Crippen molar-refractivity contribution in [2.24, 2.45) is 0 Å². The molecule has 168 valence electrons. The molecule has 1 aliphatic rings. The van der Waals surface area contributed by atoms with Crippen molar-refractivity contribution in [3.8, 4) is 5.75 Å². The fraction of sp³-hybridized carbons (Fsp3) is 0.214. The maximum atomic E-state index is 13.7. The minimum absolute atomic E-state index is 0.239. The lowest BCUT2D eigenvalue weighted by Crippen LogP contribution is -2.33. The molecule has 1 heterocycles. The number of benzene rings is 3. The Balaban J connectivity index is 1.85. The first-order chi connectivity index (χ1) is 15.8. The number of anilines is 2. The summed E-state index contributed by atoms with van der Waals surface area (Å²) in [6, 6.07) is 20.8. The van der Waals surface area contributed by atoms with Crippen LogP contribution in [0, 0.1) is 13.8 Å². The maximum Gasteiger partial charge on any atom is 0.282 e. The number of carbonyl (C=O) groups excluding carboxylic acids is 2. The quantitative estimate of drug-likeness (QED) is 0.490. The molecule has 0 aromatic heterocycles. The number of nitrogens with one attached hydrogen (secondary N) is 1. The van der Waals surface area contributed by atoms with Gasteiger partial charge in [-0.15, -0.1) is 0 Å². The van der Waals surface area contributed by atoms with E-state index >= 15 is 0 Å². The van der Waals surface area contributed by atoms with E-state index in [9.17, 15) is 9.59 Å². The van der Waals surface area contributed by atoms with Gasteiger partial charge in [0.25, 0.3) is 11.8 Å². The summed E-state index contributed by atoms with van der Waals surface area (Å²) < 4.78 is 5.52. The van der Waals surface area contributed by atoms with Gasteiger partial charge in [0.1, 0.15) is 11.4 Å². The van der Waals surface area contributed by atoms with Crippen LogP contribution in [0.4, 0.5) is 11.4 Å². The van der Waals surface area contributed by atoms with Crippen molar-refractivity contribution >= 4 is 28.8 Å². The molecule has 0 radical (unpaired) electrons. The molecule has 3 aromatic carbocycles. The van der Waals surface area contributed by atoms with Crippen LogP contribution >= 0.6 is 0 Å². The Hall–Kier alpha value is -3.86. The molecule has 2 amide bonds. The predicted molar refractivity (Wildman–Crippen MR) is 132 cm³/mol. The van der Waals surface area contributed by atoms with E-state index in [4.69, 9.17) is 4.74 Å². The standard InChI is InChI=1S/C28H28N2O3/c1-17(2)20-13-15-21(16-14-20)29-26-25(22-10-6-7-12-24(22)33-5)27(31)30(28(26)32)23-11-8-9-18(3)19(23)4/h6-17,29H,1-5H3. The second kappa shape index (κ2) is 8.94. The predicted octanol–water partition coefficient (Wildman–Crippen LogP) is 5.83. The van der Waals surface area contributed by atoms with Gasteiger partial charge in [0, 0.05) is 11.3 Å². The highest BCUT2D eigenvalue weighted by Gasteiger charge is 2.41. The van der Waals surface area contributed by atoms with Crippen LogP contribution in [-0.2, 0) is 9.59 Å². The summed E-state index contributed by atoms with van der Waals surface area (Å²) in [6.45, 7) is 8.15. The molecule has 0 unspecified atom stereocenters. The zero-order valence-electron chi connectivity index (χ0n) is 19.6. The van der Waals surface area contributed by atoms with Crippen molar-refractivity contribution in [3.63, 3.8) is 0 Å². The summed E-state index contributed by atoms with van der Waals surface area (Å²) >= 11 is 0. The SMILES string of the molecule is COc1ccccc1C1=C(Nc2ccc(C(C)C)cc2)C(=O)N(c2cccc(C)c2C)C1=O. The average Bonchev–Trinajstić information content (AvgIpc) is 3.05. The molecule has 5 heteroatoms. The summed E-state index contributed by atoms with van der Waals surface area (Å²) in [6.07, 6.45) is 0. The molecule has 1 aliphatic heterocycles. The Bertz CT molecular complexity index is 1260. The lowest BCUT2D eigenvalue weighted by atomic mass is 10.0. The van der Waals surface area contributed by atoms with Gasteiger partial charge in [0.2, 0.25) is 0 Å². The van der Waals surface area contributed by atoms with Gasteiger partial charge in [-0.05, 0) is 60.7 Å². The van der Waals surface area contributed by atoms with Gasteiger partial charge in [-0.1, -0.05) is 56.3 Å². The summed E-state index contributed by atoms with van der Waals surface area (Å²) in [7, 11) is 1.56. The van der Waals surface area contributed by atoms with Crippen molar-refractivity contribution in [2.45, 2.75) is 33.6 Å². The van der Waals surface area contributed by atoms with Crippen LogP contribution in [0.15, 0.2) is 72.4 Å². The van der Waals surface area contributed by atoms with E-state index in [0.717, 1.165) is 16.8 Å². The highest BCUT2D eigenvalue weighted by Crippen LogP contribution is 2.38. The fourth-order valence-corrected chi connectivity index (χ4v) is 4.04. The lowest BCUT2D eigenvalue weighted by Gasteiger charge is -2.19. The first-order valence-electron chi connectivity index (χ1n) is 11.0. The Kier molecular flexibility index (Phi) is 6.05. The smallest absolute Gasteiger partial charge is 0.282 e. The Morgan fingerprint density at radius 3 is 2.21 bits per heavy atom. The highest BCUT2D eigenvalue weighted by molar-refractivity contribution is 6.46. The van der Waals surface area contributed by atoms with Gasteiger partial charge in [-0.25, -0.2) is 4.90 Å². The third-order valence-electron chi connectivity index (χ3n) is 6.12. The van der Waals surface area contributed by atoms with Crippen LogP contribution in [0.25, 0.3) is 5.57 Å². The Labute approximate surface area is 194 Å². The van der Waals surface area contributed by atoms with E-state index in [0.29, 0.717) is 28.5 Å². The van der Waals surface area contributed by atoms with Crippen LogP contribution in [0.5, 0.6) is 5.75 Å². The molecular formula is C28H28N2O3. The molecule has 0 fully saturated rings. The van der Waals surface area contributed by atoms with Gasteiger partial charge in [-0.2, -0.15) is 0 Å². The lowest BCUT2D eigenvalue weighted by molar-refractivity contribution is -0.120. The van der Waals surface area contributed by atoms with Crippen molar-refractivity contribution in [2.75, 3.05) is 17.3 Å². The average molecular weight is 441 g/mol. The summed E-state index contributed by atoms with van der Waals surface area (Å²) in [4.78, 5) is 28.7. The normalized spacial score (nSPS) is 13.8. The van der Waals surface area contributed by atoms with Crippen LogP contribution in [-0.4, -0.2) is 18.9 Å². The Morgan fingerprint density at radius 2 is 1.55 bits per heavy atom. The molecule has 0 bridgehead atoms. The molecule has 0 saturated heterocycles. The minimum Gasteiger partial charge on any atom is -0.496 e. The zero-order chi connectivity index (χ0) is 23.7. The molecule has 33 heavy (non-hydrogen) atoms.